The molecule has 2 unspecified atom stereocenters. The minimum absolute atomic E-state index is 0.214. The monoisotopic (exact) mass is 363 g/mol. The van der Waals surface area contributed by atoms with Crippen LogP contribution in [-0.2, 0) is 11.2 Å². The van der Waals surface area contributed by atoms with Crippen LogP contribution in [0.5, 0.6) is 0 Å². The number of benzene rings is 2. The summed E-state index contributed by atoms with van der Waals surface area (Å²) in [6, 6.07) is 16.6. The van der Waals surface area contributed by atoms with Crippen LogP contribution in [0.3, 0.4) is 0 Å². The first-order chi connectivity index (χ1) is 12.8. The van der Waals surface area contributed by atoms with Gasteiger partial charge in [0.1, 0.15) is 0 Å². The number of nitrogens with zero attached hydrogens (tertiary/aromatic N) is 2. The molecule has 2 aromatic rings. The van der Waals surface area contributed by atoms with E-state index in [2.05, 4.69) is 34.0 Å². The lowest BCUT2D eigenvalue weighted by Crippen LogP contribution is -2.39. The zero-order valence-electron chi connectivity index (χ0n) is 14.5. The van der Waals surface area contributed by atoms with Gasteiger partial charge in [0.2, 0.25) is 0 Å². The molecule has 2 atom stereocenters. The average molecular weight is 363 g/mol. The van der Waals surface area contributed by atoms with Crippen LogP contribution in [0.25, 0.3) is 11.1 Å². The summed E-state index contributed by atoms with van der Waals surface area (Å²) >= 11 is 1.65. The molecule has 26 heavy (non-hydrogen) atoms. The summed E-state index contributed by atoms with van der Waals surface area (Å²) in [4.78, 5) is 0. The lowest BCUT2D eigenvalue weighted by atomic mass is 9.89. The van der Waals surface area contributed by atoms with Crippen molar-refractivity contribution >= 4 is 18.2 Å². The van der Waals surface area contributed by atoms with E-state index in [9.17, 15) is 0 Å². The van der Waals surface area contributed by atoms with Crippen molar-refractivity contribution in [1.29, 1.82) is 5.26 Å². The van der Waals surface area contributed by atoms with E-state index in [0.717, 1.165) is 38.1 Å². The molecule has 2 aromatic carbocycles. The Kier molecular flexibility index (Phi) is 5.35. The number of hydrogen-bond donors (Lipinski definition) is 1. The number of rotatable bonds is 4. The van der Waals surface area contributed by atoms with Crippen LogP contribution in [0.15, 0.2) is 46.9 Å². The quantitative estimate of drug-likeness (QED) is 0.837. The fourth-order valence-electron chi connectivity index (χ4n) is 3.61. The second-order valence-corrected chi connectivity index (χ2v) is 7.58. The third-order valence-corrected chi connectivity index (χ3v) is 5.83. The van der Waals surface area contributed by atoms with Gasteiger partial charge in [-0.1, -0.05) is 30.3 Å². The summed E-state index contributed by atoms with van der Waals surface area (Å²) in [6.07, 6.45) is 4.08. The predicted octanol–water partition coefficient (Wildman–Crippen LogP) is 3.92. The lowest BCUT2D eigenvalue weighted by molar-refractivity contribution is 0.0291. The van der Waals surface area contributed by atoms with Crippen molar-refractivity contribution in [2.75, 3.05) is 19.7 Å². The predicted molar refractivity (Wildman–Crippen MR) is 106 cm³/mol. The molecule has 0 aliphatic carbocycles. The zero-order valence-corrected chi connectivity index (χ0v) is 15.3. The fraction of sp³-hybridized carbons (Fsp3) is 0.333. The van der Waals surface area contributed by atoms with Crippen molar-refractivity contribution in [3.63, 3.8) is 0 Å². The Bertz CT molecular complexity index is 827. The van der Waals surface area contributed by atoms with Crippen molar-refractivity contribution in [1.82, 2.24) is 5.32 Å². The number of hydrogen-bond acceptors (Lipinski definition) is 5. The molecule has 2 aliphatic heterocycles. The first-order valence-electron chi connectivity index (χ1n) is 8.97. The molecule has 0 saturated carbocycles. The van der Waals surface area contributed by atoms with Crippen LogP contribution < -0.4 is 5.32 Å². The SMILES string of the molecule is N#Cc1ccc(-c2cccc(CC3CNCCO3)c2C2CC=NS2)cc1. The van der Waals surface area contributed by atoms with E-state index in [4.69, 9.17) is 10.00 Å². The second kappa shape index (κ2) is 8.05. The van der Waals surface area contributed by atoms with Gasteiger partial charge in [0.25, 0.3) is 0 Å². The van der Waals surface area contributed by atoms with Crippen molar-refractivity contribution in [2.45, 2.75) is 24.2 Å². The third kappa shape index (κ3) is 3.68. The minimum Gasteiger partial charge on any atom is -0.375 e. The summed E-state index contributed by atoms with van der Waals surface area (Å²) < 4.78 is 10.3. The number of morpholine rings is 1. The summed E-state index contributed by atoms with van der Waals surface area (Å²) in [5.74, 6) is 0. The maximum absolute atomic E-state index is 9.06. The van der Waals surface area contributed by atoms with Gasteiger partial charge < -0.3 is 10.1 Å². The first kappa shape index (κ1) is 17.3. The molecule has 0 amide bonds. The molecule has 0 aromatic heterocycles. The Balaban J connectivity index is 1.72. The van der Waals surface area contributed by atoms with E-state index in [0.29, 0.717) is 10.8 Å². The molecule has 1 N–H and O–H groups in total. The summed E-state index contributed by atoms with van der Waals surface area (Å²) in [5.41, 5.74) is 5.76. The largest absolute Gasteiger partial charge is 0.375 e. The topological polar surface area (TPSA) is 57.4 Å². The molecule has 2 aliphatic rings. The van der Waals surface area contributed by atoms with Gasteiger partial charge in [-0.25, -0.2) is 4.40 Å². The summed E-state index contributed by atoms with van der Waals surface area (Å²) in [5, 5.41) is 12.8. The molecule has 4 nitrogen and oxygen atoms in total. The van der Waals surface area contributed by atoms with Gasteiger partial charge in [-0.15, -0.1) is 0 Å². The second-order valence-electron chi connectivity index (χ2n) is 6.59. The van der Waals surface area contributed by atoms with Gasteiger partial charge in [0.15, 0.2) is 0 Å². The Morgan fingerprint density at radius 1 is 1.23 bits per heavy atom. The van der Waals surface area contributed by atoms with Gasteiger partial charge in [0.05, 0.1) is 29.6 Å². The van der Waals surface area contributed by atoms with Crippen molar-refractivity contribution < 1.29 is 4.74 Å². The maximum atomic E-state index is 9.06. The molecule has 4 rings (SSSR count). The highest BCUT2D eigenvalue weighted by Crippen LogP contribution is 2.43. The molecular weight excluding hydrogens is 342 g/mol. The van der Waals surface area contributed by atoms with Gasteiger partial charge >= 0.3 is 0 Å². The average Bonchev–Trinajstić information content (AvgIpc) is 3.23. The zero-order chi connectivity index (χ0) is 17.8. The van der Waals surface area contributed by atoms with E-state index in [-0.39, 0.29) is 6.10 Å². The molecular formula is C21H21N3OS. The molecule has 0 radical (unpaired) electrons. The van der Waals surface area contributed by atoms with Crippen molar-refractivity contribution in [3.05, 3.63) is 59.2 Å². The van der Waals surface area contributed by atoms with Crippen LogP contribution in [0.1, 0.15) is 28.4 Å². The van der Waals surface area contributed by atoms with E-state index >= 15 is 0 Å². The van der Waals surface area contributed by atoms with Crippen molar-refractivity contribution in [3.8, 4) is 17.2 Å². The van der Waals surface area contributed by atoms with Crippen molar-refractivity contribution in [2.24, 2.45) is 4.40 Å². The Hall–Kier alpha value is -2.13. The molecule has 2 heterocycles. The van der Waals surface area contributed by atoms with Crippen LogP contribution in [0.4, 0.5) is 0 Å². The van der Waals surface area contributed by atoms with Crippen LogP contribution in [0.2, 0.25) is 0 Å². The summed E-state index contributed by atoms with van der Waals surface area (Å²) in [7, 11) is 0. The molecule has 132 valence electrons. The Labute approximate surface area is 158 Å². The Morgan fingerprint density at radius 3 is 2.81 bits per heavy atom. The standard InChI is InChI=1S/C21H21N3OS/c22-13-15-4-6-16(7-5-15)19-3-1-2-17(12-18-14-23-10-11-25-18)21(19)20-8-9-24-26-20/h1-7,9,18,20,23H,8,10-12,14H2. The smallest absolute Gasteiger partial charge is 0.0991 e. The molecule has 5 heteroatoms. The number of nitrogens with one attached hydrogen (secondary N) is 1. The molecule has 0 bridgehead atoms. The normalized spacial score (nSPS) is 22.3. The number of nitriles is 1. The lowest BCUT2D eigenvalue weighted by Gasteiger charge is -2.26. The van der Waals surface area contributed by atoms with E-state index in [1.807, 2.05) is 30.5 Å². The van der Waals surface area contributed by atoms with Crippen LogP contribution in [0, 0.1) is 11.3 Å². The van der Waals surface area contributed by atoms with E-state index in [1.165, 1.54) is 16.7 Å². The van der Waals surface area contributed by atoms with Gasteiger partial charge in [0, 0.05) is 32.1 Å². The third-order valence-electron chi connectivity index (χ3n) is 4.88. The van der Waals surface area contributed by atoms with Crippen LogP contribution >= 0.6 is 11.9 Å². The molecule has 1 saturated heterocycles. The first-order valence-corrected chi connectivity index (χ1v) is 9.81. The highest BCUT2D eigenvalue weighted by molar-refractivity contribution is 7.98. The molecule has 1 fully saturated rings. The fourth-order valence-corrected chi connectivity index (χ4v) is 4.49. The van der Waals surface area contributed by atoms with Crippen LogP contribution in [-0.4, -0.2) is 32.0 Å². The summed E-state index contributed by atoms with van der Waals surface area (Å²) in [6.45, 7) is 2.60. The Morgan fingerprint density at radius 2 is 2.12 bits per heavy atom. The highest BCUT2D eigenvalue weighted by atomic mass is 32.2. The van der Waals surface area contributed by atoms with E-state index in [1.54, 1.807) is 11.9 Å². The van der Waals surface area contributed by atoms with Gasteiger partial charge in [-0.2, -0.15) is 5.26 Å². The van der Waals surface area contributed by atoms with E-state index < -0.39 is 0 Å². The minimum atomic E-state index is 0.214. The highest BCUT2D eigenvalue weighted by Gasteiger charge is 2.25. The maximum Gasteiger partial charge on any atom is 0.0991 e. The van der Waals surface area contributed by atoms with Gasteiger partial charge in [-0.05, 0) is 46.3 Å². The van der Waals surface area contributed by atoms with Gasteiger partial charge in [-0.3, -0.25) is 0 Å². The molecule has 0 spiro atoms. The number of ether oxygens (including phenoxy) is 1.